The lowest BCUT2D eigenvalue weighted by Gasteiger charge is -2.49. The van der Waals surface area contributed by atoms with E-state index in [1.165, 1.54) is 0 Å². The summed E-state index contributed by atoms with van der Waals surface area (Å²) in [6.07, 6.45) is 7.64. The number of benzene rings is 1. The maximum Gasteiger partial charge on any atom is 0.0987 e. The van der Waals surface area contributed by atoms with Crippen LogP contribution in [0.5, 0.6) is 0 Å². The zero-order valence-corrected chi connectivity index (χ0v) is 17.7. The molecule has 0 spiro atoms. The fourth-order valence-corrected chi connectivity index (χ4v) is 4.37. The summed E-state index contributed by atoms with van der Waals surface area (Å²) in [5, 5.41) is 4.79. The summed E-state index contributed by atoms with van der Waals surface area (Å²) in [7, 11) is 2.07. The van der Waals surface area contributed by atoms with Gasteiger partial charge >= 0.3 is 0 Å². The van der Waals surface area contributed by atoms with Crippen LogP contribution in [0.2, 0.25) is 0 Å². The van der Waals surface area contributed by atoms with Gasteiger partial charge in [-0.15, -0.1) is 0 Å². The highest BCUT2D eigenvalue weighted by atomic mass is 15.2. The molecule has 0 bridgehead atoms. The third kappa shape index (κ3) is 4.65. The molecule has 1 aliphatic heterocycles. The first-order chi connectivity index (χ1) is 13.1. The van der Waals surface area contributed by atoms with E-state index in [1.54, 1.807) is 6.20 Å². The number of rotatable bonds is 4. The second-order valence-corrected chi connectivity index (χ2v) is 9.20. The van der Waals surface area contributed by atoms with Crippen LogP contribution in [-0.4, -0.2) is 34.1 Å². The molecule has 3 rings (SSSR count). The smallest absolute Gasteiger partial charge is 0.0987 e. The van der Waals surface area contributed by atoms with Crippen LogP contribution < -0.4 is 16.8 Å². The van der Waals surface area contributed by atoms with Gasteiger partial charge in [0, 0.05) is 47.0 Å². The number of pyridine rings is 1. The molecule has 5 N–H and O–H groups in total. The van der Waals surface area contributed by atoms with E-state index in [2.05, 4.69) is 56.0 Å². The van der Waals surface area contributed by atoms with E-state index >= 15 is 0 Å². The van der Waals surface area contributed by atoms with Gasteiger partial charge in [0.25, 0.3) is 0 Å². The average molecular weight is 380 g/mol. The zero-order chi connectivity index (χ0) is 20.5. The SMILES string of the molecule is CN(/C(N)=C/C=C(\N)c1cnc2ccccc2c1)C1CC(C)(C)NC(C)(C)C1. The van der Waals surface area contributed by atoms with E-state index in [0.29, 0.717) is 11.7 Å². The Labute approximate surface area is 168 Å². The molecule has 0 radical (unpaired) electrons. The van der Waals surface area contributed by atoms with Gasteiger partial charge in [0.1, 0.15) is 0 Å². The summed E-state index contributed by atoms with van der Waals surface area (Å²) in [5.41, 5.74) is 15.4. The van der Waals surface area contributed by atoms with Crippen molar-refractivity contribution in [3.05, 3.63) is 60.1 Å². The van der Waals surface area contributed by atoms with Gasteiger partial charge in [-0.3, -0.25) is 4.98 Å². The molecule has 5 heteroatoms. The molecule has 1 aromatic carbocycles. The molecule has 1 fully saturated rings. The third-order valence-electron chi connectivity index (χ3n) is 5.48. The van der Waals surface area contributed by atoms with Gasteiger partial charge in [0.15, 0.2) is 0 Å². The zero-order valence-electron chi connectivity index (χ0n) is 17.7. The van der Waals surface area contributed by atoms with Crippen molar-refractivity contribution in [2.24, 2.45) is 11.5 Å². The molecule has 1 aliphatic rings. The first kappa shape index (κ1) is 20.2. The van der Waals surface area contributed by atoms with Crippen molar-refractivity contribution >= 4 is 16.6 Å². The van der Waals surface area contributed by atoms with Gasteiger partial charge in [-0.25, -0.2) is 0 Å². The fourth-order valence-electron chi connectivity index (χ4n) is 4.37. The molecule has 0 saturated carbocycles. The van der Waals surface area contributed by atoms with Crippen LogP contribution in [0.3, 0.4) is 0 Å². The Morgan fingerprint density at radius 1 is 1.11 bits per heavy atom. The van der Waals surface area contributed by atoms with E-state index < -0.39 is 0 Å². The standard InChI is InChI=1S/C23H33N5/c1-22(2)13-18(14-23(3,4)27-22)28(5)21(25)11-10-19(24)17-12-16-8-6-7-9-20(16)26-15-17/h6-12,15,18,27H,13-14,24-25H2,1-5H3/b19-10-,21-11+. The molecule has 28 heavy (non-hydrogen) atoms. The molecule has 0 unspecified atom stereocenters. The van der Waals surface area contributed by atoms with Crippen molar-refractivity contribution in [2.45, 2.75) is 57.7 Å². The lowest BCUT2D eigenvalue weighted by atomic mass is 9.79. The maximum atomic E-state index is 6.39. The van der Waals surface area contributed by atoms with Crippen LogP contribution in [0.15, 0.2) is 54.5 Å². The maximum absolute atomic E-state index is 6.39. The Bertz CT molecular complexity index is 894. The first-order valence-electron chi connectivity index (χ1n) is 9.87. The lowest BCUT2D eigenvalue weighted by Crippen LogP contribution is -2.61. The lowest BCUT2D eigenvalue weighted by molar-refractivity contribution is 0.0981. The van der Waals surface area contributed by atoms with E-state index in [0.717, 1.165) is 35.1 Å². The summed E-state index contributed by atoms with van der Waals surface area (Å²) < 4.78 is 0. The quantitative estimate of drug-likeness (QED) is 0.708. The van der Waals surface area contributed by atoms with Crippen LogP contribution >= 0.6 is 0 Å². The molecule has 0 atom stereocenters. The van der Waals surface area contributed by atoms with Crippen molar-refractivity contribution in [1.82, 2.24) is 15.2 Å². The van der Waals surface area contributed by atoms with Gasteiger partial charge in [-0.1, -0.05) is 18.2 Å². The monoisotopic (exact) mass is 379 g/mol. The number of allylic oxidation sites excluding steroid dienone is 2. The predicted molar refractivity (Wildman–Crippen MR) is 118 cm³/mol. The molecule has 0 amide bonds. The predicted octanol–water partition coefficient (Wildman–Crippen LogP) is 3.58. The Morgan fingerprint density at radius 2 is 1.75 bits per heavy atom. The topological polar surface area (TPSA) is 80.2 Å². The normalized spacial score (nSPS) is 20.3. The van der Waals surface area contributed by atoms with Gasteiger partial charge < -0.3 is 21.7 Å². The van der Waals surface area contributed by atoms with Crippen molar-refractivity contribution in [2.75, 3.05) is 7.05 Å². The first-order valence-corrected chi connectivity index (χ1v) is 9.87. The molecule has 0 aliphatic carbocycles. The number of nitrogens with zero attached hydrogens (tertiary/aromatic N) is 2. The summed E-state index contributed by atoms with van der Waals surface area (Å²) in [5.74, 6) is 0.718. The van der Waals surface area contributed by atoms with Crippen molar-refractivity contribution in [3.8, 4) is 0 Å². The van der Waals surface area contributed by atoms with Gasteiger partial charge in [0.05, 0.1) is 11.3 Å². The van der Waals surface area contributed by atoms with Crippen LogP contribution in [-0.2, 0) is 0 Å². The highest BCUT2D eigenvalue weighted by molar-refractivity contribution is 5.82. The molecule has 150 valence electrons. The number of hydrogen-bond acceptors (Lipinski definition) is 5. The van der Waals surface area contributed by atoms with E-state index in [9.17, 15) is 0 Å². The van der Waals surface area contributed by atoms with E-state index in [1.807, 2.05) is 36.4 Å². The summed E-state index contributed by atoms with van der Waals surface area (Å²) in [6, 6.07) is 10.4. The number of aromatic nitrogens is 1. The Morgan fingerprint density at radius 3 is 2.43 bits per heavy atom. The highest BCUT2D eigenvalue weighted by Crippen LogP contribution is 2.31. The van der Waals surface area contributed by atoms with Crippen LogP contribution in [0.4, 0.5) is 0 Å². The molecule has 5 nitrogen and oxygen atoms in total. The fraction of sp³-hybridized carbons (Fsp3) is 0.435. The number of nitrogens with two attached hydrogens (primary N) is 2. The molecular formula is C23H33N5. The molecule has 2 aromatic rings. The van der Waals surface area contributed by atoms with Crippen LogP contribution in [0.25, 0.3) is 16.6 Å². The number of nitrogens with one attached hydrogen (secondary N) is 1. The minimum absolute atomic E-state index is 0.0760. The summed E-state index contributed by atoms with van der Waals surface area (Å²) >= 11 is 0. The summed E-state index contributed by atoms with van der Waals surface area (Å²) in [6.45, 7) is 9.00. The Hall–Kier alpha value is -2.53. The van der Waals surface area contributed by atoms with Crippen LogP contribution in [0, 0.1) is 0 Å². The van der Waals surface area contributed by atoms with Crippen molar-refractivity contribution in [1.29, 1.82) is 0 Å². The third-order valence-corrected chi connectivity index (χ3v) is 5.48. The minimum Gasteiger partial charge on any atom is -0.398 e. The largest absolute Gasteiger partial charge is 0.398 e. The Kier molecular flexibility index (Phi) is 5.39. The molecular weight excluding hydrogens is 346 g/mol. The number of hydrogen-bond donors (Lipinski definition) is 3. The van der Waals surface area contributed by atoms with Crippen molar-refractivity contribution < 1.29 is 0 Å². The summed E-state index contributed by atoms with van der Waals surface area (Å²) in [4.78, 5) is 6.65. The van der Waals surface area contributed by atoms with Gasteiger partial charge in [0.2, 0.25) is 0 Å². The molecule has 1 aromatic heterocycles. The number of fused-ring (bicyclic) bond motifs is 1. The molecule has 2 heterocycles. The minimum atomic E-state index is 0.0760. The second kappa shape index (κ2) is 7.47. The van der Waals surface area contributed by atoms with Gasteiger partial charge in [-0.2, -0.15) is 0 Å². The average Bonchev–Trinajstić information content (AvgIpc) is 2.62. The number of piperidine rings is 1. The van der Waals surface area contributed by atoms with Crippen LogP contribution in [0.1, 0.15) is 46.1 Å². The number of para-hydroxylation sites is 1. The van der Waals surface area contributed by atoms with Crippen molar-refractivity contribution in [3.63, 3.8) is 0 Å². The molecule has 1 saturated heterocycles. The van der Waals surface area contributed by atoms with Gasteiger partial charge in [-0.05, 0) is 64.8 Å². The second-order valence-electron chi connectivity index (χ2n) is 9.20. The van der Waals surface area contributed by atoms with E-state index in [4.69, 9.17) is 11.5 Å². The van der Waals surface area contributed by atoms with E-state index in [-0.39, 0.29) is 11.1 Å². The highest BCUT2D eigenvalue weighted by Gasteiger charge is 2.39. The Balaban J connectivity index is 1.77.